The molecular formula is C23H36N6O. The number of aromatic nitrogens is 4. The van der Waals surface area contributed by atoms with E-state index in [0.717, 1.165) is 64.4 Å². The highest BCUT2D eigenvalue weighted by Crippen LogP contribution is 2.30. The summed E-state index contributed by atoms with van der Waals surface area (Å²) in [5.74, 6) is 1.58. The van der Waals surface area contributed by atoms with E-state index < -0.39 is 0 Å². The third kappa shape index (κ3) is 4.67. The molecule has 7 heteroatoms. The second-order valence-electron chi connectivity index (χ2n) is 9.24. The number of aryl methyl sites for hydroxylation is 1. The van der Waals surface area contributed by atoms with Crippen molar-refractivity contribution in [2.24, 2.45) is 5.92 Å². The van der Waals surface area contributed by atoms with E-state index in [-0.39, 0.29) is 12.1 Å². The lowest BCUT2D eigenvalue weighted by Gasteiger charge is -2.40. The Morgan fingerprint density at radius 3 is 2.63 bits per heavy atom. The summed E-state index contributed by atoms with van der Waals surface area (Å²) < 4.78 is 7.83. The molecule has 0 N–H and O–H groups in total. The molecule has 1 aromatic heterocycles. The summed E-state index contributed by atoms with van der Waals surface area (Å²) in [6, 6.07) is 6.88. The van der Waals surface area contributed by atoms with Crippen molar-refractivity contribution in [2.75, 3.05) is 37.7 Å². The smallest absolute Gasteiger partial charge is 0.168 e. The molecule has 0 radical (unpaired) electrons. The van der Waals surface area contributed by atoms with Crippen LogP contribution in [0.1, 0.15) is 56.1 Å². The Labute approximate surface area is 180 Å². The van der Waals surface area contributed by atoms with Crippen LogP contribution in [0.4, 0.5) is 5.69 Å². The van der Waals surface area contributed by atoms with Gasteiger partial charge in [0.25, 0.3) is 0 Å². The second kappa shape index (κ2) is 9.43. The number of benzene rings is 1. The number of hydrogen-bond acceptors (Lipinski definition) is 6. The third-order valence-corrected chi connectivity index (χ3v) is 6.62. The van der Waals surface area contributed by atoms with Crippen LogP contribution in [0.2, 0.25) is 0 Å². The van der Waals surface area contributed by atoms with Gasteiger partial charge in [-0.2, -0.15) is 0 Å². The number of tetrazole rings is 1. The normalized spacial score (nSPS) is 21.5. The lowest BCUT2D eigenvalue weighted by molar-refractivity contribution is 0.0885. The van der Waals surface area contributed by atoms with Crippen molar-refractivity contribution in [3.05, 3.63) is 35.2 Å². The monoisotopic (exact) mass is 412 g/mol. The minimum Gasteiger partial charge on any atom is -0.376 e. The topological polar surface area (TPSA) is 59.3 Å². The van der Waals surface area contributed by atoms with Crippen molar-refractivity contribution in [2.45, 2.75) is 65.6 Å². The van der Waals surface area contributed by atoms with E-state index >= 15 is 0 Å². The number of hydrogen-bond donors (Lipinski definition) is 0. The van der Waals surface area contributed by atoms with Gasteiger partial charge in [0.05, 0.1) is 18.7 Å². The molecule has 1 aromatic carbocycles. The van der Waals surface area contributed by atoms with Crippen LogP contribution in [0.3, 0.4) is 0 Å². The molecule has 2 aromatic rings. The van der Waals surface area contributed by atoms with Crippen LogP contribution in [-0.4, -0.2) is 64.0 Å². The first-order valence-electron chi connectivity index (χ1n) is 11.5. The van der Waals surface area contributed by atoms with Crippen LogP contribution in [0.5, 0.6) is 0 Å². The first-order chi connectivity index (χ1) is 14.5. The van der Waals surface area contributed by atoms with Gasteiger partial charge in [0.1, 0.15) is 0 Å². The van der Waals surface area contributed by atoms with E-state index in [4.69, 9.17) is 4.74 Å². The molecule has 3 heterocycles. The summed E-state index contributed by atoms with van der Waals surface area (Å²) in [5, 5.41) is 12.8. The quantitative estimate of drug-likeness (QED) is 0.695. The zero-order chi connectivity index (χ0) is 21.1. The molecule has 4 rings (SSSR count). The standard InChI is InChI=1S/C23H36N6O/c1-17(2)15-22(23-24-25-26-29(23)16-20-8-6-14-30-20)28-12-10-27(11-13-28)21-9-5-7-18(3)19(21)4/h5,7,9,17,20,22H,6,8,10-16H2,1-4H3/t20-,22+/m1/s1. The molecule has 0 spiro atoms. The van der Waals surface area contributed by atoms with Gasteiger partial charge in [-0.15, -0.1) is 5.10 Å². The fraction of sp³-hybridized carbons (Fsp3) is 0.696. The number of ether oxygens (including phenoxy) is 1. The molecule has 2 saturated heterocycles. The number of anilines is 1. The molecule has 164 valence electrons. The summed E-state index contributed by atoms with van der Waals surface area (Å²) in [4.78, 5) is 5.11. The van der Waals surface area contributed by atoms with Crippen LogP contribution >= 0.6 is 0 Å². The maximum absolute atomic E-state index is 5.83. The summed E-state index contributed by atoms with van der Waals surface area (Å²) in [5.41, 5.74) is 4.13. The van der Waals surface area contributed by atoms with Crippen molar-refractivity contribution >= 4 is 5.69 Å². The lowest BCUT2D eigenvalue weighted by Crippen LogP contribution is -2.48. The van der Waals surface area contributed by atoms with Gasteiger partial charge in [0.15, 0.2) is 5.82 Å². The van der Waals surface area contributed by atoms with Crippen LogP contribution in [0.15, 0.2) is 18.2 Å². The van der Waals surface area contributed by atoms with Gasteiger partial charge in [0, 0.05) is 38.5 Å². The van der Waals surface area contributed by atoms with Crippen LogP contribution in [0, 0.1) is 19.8 Å². The van der Waals surface area contributed by atoms with Gasteiger partial charge in [-0.1, -0.05) is 26.0 Å². The predicted molar refractivity (Wildman–Crippen MR) is 119 cm³/mol. The van der Waals surface area contributed by atoms with Gasteiger partial charge < -0.3 is 9.64 Å². The molecule has 0 amide bonds. The summed E-state index contributed by atoms with van der Waals surface area (Å²) in [7, 11) is 0. The minimum absolute atomic E-state index is 0.244. The van der Waals surface area contributed by atoms with Crippen LogP contribution in [-0.2, 0) is 11.3 Å². The van der Waals surface area contributed by atoms with E-state index in [1.807, 2.05) is 4.68 Å². The number of piperazine rings is 1. The van der Waals surface area contributed by atoms with E-state index in [9.17, 15) is 0 Å². The van der Waals surface area contributed by atoms with Crippen LogP contribution in [0.25, 0.3) is 0 Å². The molecule has 0 saturated carbocycles. The zero-order valence-corrected chi connectivity index (χ0v) is 18.9. The Hall–Kier alpha value is -1.99. The highest BCUT2D eigenvalue weighted by molar-refractivity contribution is 5.56. The van der Waals surface area contributed by atoms with Crippen molar-refractivity contribution in [3.63, 3.8) is 0 Å². The van der Waals surface area contributed by atoms with E-state index in [1.165, 1.54) is 16.8 Å². The first kappa shape index (κ1) is 21.2. The van der Waals surface area contributed by atoms with E-state index in [1.54, 1.807) is 0 Å². The van der Waals surface area contributed by atoms with Gasteiger partial charge in [0.2, 0.25) is 0 Å². The van der Waals surface area contributed by atoms with Crippen LogP contribution < -0.4 is 4.90 Å². The maximum Gasteiger partial charge on any atom is 0.168 e. The highest BCUT2D eigenvalue weighted by Gasteiger charge is 2.31. The molecule has 0 aliphatic carbocycles. The number of nitrogens with zero attached hydrogens (tertiary/aromatic N) is 6. The summed E-state index contributed by atoms with van der Waals surface area (Å²) in [6.07, 6.45) is 3.55. The molecular weight excluding hydrogens is 376 g/mol. The Bertz CT molecular complexity index is 821. The molecule has 2 aliphatic heterocycles. The lowest BCUT2D eigenvalue weighted by atomic mass is 10.0. The molecule has 2 aliphatic rings. The maximum atomic E-state index is 5.83. The highest BCUT2D eigenvalue weighted by atomic mass is 16.5. The average Bonchev–Trinajstić information content (AvgIpc) is 3.41. The SMILES string of the molecule is Cc1cccc(N2CCN([C@@H](CC(C)C)c3nnnn3C[C@H]3CCCO3)CC2)c1C. The second-order valence-corrected chi connectivity index (χ2v) is 9.24. The third-order valence-electron chi connectivity index (χ3n) is 6.62. The molecule has 0 unspecified atom stereocenters. The van der Waals surface area contributed by atoms with Crippen molar-refractivity contribution in [3.8, 4) is 0 Å². The molecule has 2 atom stereocenters. The van der Waals surface area contributed by atoms with Crippen molar-refractivity contribution in [1.29, 1.82) is 0 Å². The van der Waals surface area contributed by atoms with Gasteiger partial charge in [-0.05, 0) is 66.6 Å². The fourth-order valence-electron chi connectivity index (χ4n) is 4.78. The molecule has 0 bridgehead atoms. The van der Waals surface area contributed by atoms with Gasteiger partial charge in [-0.3, -0.25) is 4.90 Å². The van der Waals surface area contributed by atoms with Gasteiger partial charge >= 0.3 is 0 Å². The summed E-state index contributed by atoms with van der Waals surface area (Å²) in [6.45, 7) is 14.7. The van der Waals surface area contributed by atoms with E-state index in [0.29, 0.717) is 5.92 Å². The predicted octanol–water partition coefficient (Wildman–Crippen LogP) is 3.38. The van der Waals surface area contributed by atoms with E-state index in [2.05, 4.69) is 71.2 Å². The largest absolute Gasteiger partial charge is 0.376 e. The Morgan fingerprint density at radius 2 is 1.93 bits per heavy atom. The average molecular weight is 413 g/mol. The zero-order valence-electron chi connectivity index (χ0n) is 18.9. The Balaban J connectivity index is 1.48. The Kier molecular flexibility index (Phi) is 6.68. The minimum atomic E-state index is 0.244. The van der Waals surface area contributed by atoms with Gasteiger partial charge in [-0.25, -0.2) is 4.68 Å². The van der Waals surface area contributed by atoms with Crippen molar-refractivity contribution < 1.29 is 4.74 Å². The summed E-state index contributed by atoms with van der Waals surface area (Å²) >= 11 is 0. The molecule has 7 nitrogen and oxygen atoms in total. The fourth-order valence-corrected chi connectivity index (χ4v) is 4.78. The van der Waals surface area contributed by atoms with Crippen molar-refractivity contribution in [1.82, 2.24) is 25.1 Å². The first-order valence-corrected chi connectivity index (χ1v) is 11.5. The molecule has 30 heavy (non-hydrogen) atoms. The Morgan fingerprint density at radius 1 is 1.13 bits per heavy atom. The number of rotatable bonds is 7. The molecule has 2 fully saturated rings.